The number of aliphatic carboxylic acids is 1. The van der Waals surface area contributed by atoms with E-state index >= 15 is 0 Å². The predicted molar refractivity (Wildman–Crippen MR) is 75.3 cm³/mol. The summed E-state index contributed by atoms with van der Waals surface area (Å²) in [7, 11) is 0. The molecular formula is C14H18O4S. The molecule has 1 unspecified atom stereocenters. The van der Waals surface area contributed by atoms with Crippen molar-refractivity contribution in [3.8, 4) is 11.5 Å². The zero-order valence-electron chi connectivity index (χ0n) is 10.9. The van der Waals surface area contributed by atoms with Gasteiger partial charge in [0.15, 0.2) is 11.5 Å². The van der Waals surface area contributed by atoms with Crippen LogP contribution in [0.1, 0.15) is 30.9 Å². The van der Waals surface area contributed by atoms with E-state index in [-0.39, 0.29) is 18.5 Å². The van der Waals surface area contributed by atoms with E-state index in [0.29, 0.717) is 6.42 Å². The average Bonchev–Trinajstić information content (AvgIpc) is 2.75. The summed E-state index contributed by atoms with van der Waals surface area (Å²) >= 11 is 4.35. The minimum atomic E-state index is -0.821. The topological polar surface area (TPSA) is 55.8 Å². The Balaban J connectivity index is 2.19. The molecule has 0 aliphatic carbocycles. The highest BCUT2D eigenvalue weighted by Crippen LogP contribution is 2.36. The van der Waals surface area contributed by atoms with Crippen molar-refractivity contribution in [3.05, 3.63) is 23.3 Å². The zero-order valence-corrected chi connectivity index (χ0v) is 11.8. The number of hydrogen-bond donors (Lipinski definition) is 2. The van der Waals surface area contributed by atoms with Crippen LogP contribution in [0.5, 0.6) is 11.5 Å². The van der Waals surface area contributed by atoms with Gasteiger partial charge in [-0.15, -0.1) is 0 Å². The van der Waals surface area contributed by atoms with E-state index in [1.807, 2.05) is 12.1 Å². The molecule has 1 aliphatic heterocycles. The highest BCUT2D eigenvalue weighted by atomic mass is 32.1. The van der Waals surface area contributed by atoms with Crippen LogP contribution in [-0.2, 0) is 17.6 Å². The van der Waals surface area contributed by atoms with Crippen LogP contribution in [0.15, 0.2) is 12.1 Å². The van der Waals surface area contributed by atoms with Crippen LogP contribution in [-0.4, -0.2) is 23.1 Å². The Morgan fingerprint density at radius 2 is 2.00 bits per heavy atom. The fraction of sp³-hybridized carbons (Fsp3) is 0.500. The lowest BCUT2D eigenvalue weighted by Gasteiger charge is -2.13. The van der Waals surface area contributed by atoms with Crippen LogP contribution in [0.3, 0.4) is 0 Å². The van der Waals surface area contributed by atoms with Crippen molar-refractivity contribution in [1.29, 1.82) is 0 Å². The van der Waals surface area contributed by atoms with E-state index in [2.05, 4.69) is 19.6 Å². The molecule has 1 aromatic rings. The maximum absolute atomic E-state index is 10.7. The predicted octanol–water partition coefficient (Wildman–Crippen LogP) is 2.68. The molecule has 1 aromatic carbocycles. The normalized spacial score (nSPS) is 14.4. The van der Waals surface area contributed by atoms with Crippen LogP contribution >= 0.6 is 12.6 Å². The summed E-state index contributed by atoms with van der Waals surface area (Å²) in [5.74, 6) is 0.699. The van der Waals surface area contributed by atoms with Crippen molar-refractivity contribution in [2.45, 2.75) is 37.9 Å². The number of carbonyl (C=O) groups is 1. The van der Waals surface area contributed by atoms with Crippen LogP contribution < -0.4 is 9.47 Å². The van der Waals surface area contributed by atoms with Crippen molar-refractivity contribution in [1.82, 2.24) is 0 Å². The Labute approximate surface area is 118 Å². The van der Waals surface area contributed by atoms with E-state index in [1.54, 1.807) is 0 Å². The van der Waals surface area contributed by atoms with E-state index in [1.165, 1.54) is 5.56 Å². The molecule has 1 heterocycles. The Bertz CT molecular complexity index is 473. The lowest BCUT2D eigenvalue weighted by Crippen LogP contribution is -2.11. The molecule has 0 saturated heterocycles. The maximum atomic E-state index is 10.7. The SMILES string of the molecule is CCCc1cc2c(cc1CC(S)CC(=O)O)OCO2. The molecule has 0 spiro atoms. The quantitative estimate of drug-likeness (QED) is 0.788. The number of fused-ring (bicyclic) bond motifs is 1. The van der Waals surface area contributed by atoms with E-state index < -0.39 is 5.97 Å². The van der Waals surface area contributed by atoms with Gasteiger partial charge in [0.25, 0.3) is 0 Å². The number of carboxylic acids is 1. The van der Waals surface area contributed by atoms with Gasteiger partial charge in [-0.1, -0.05) is 13.3 Å². The smallest absolute Gasteiger partial charge is 0.304 e. The highest BCUT2D eigenvalue weighted by Gasteiger charge is 2.19. The van der Waals surface area contributed by atoms with Gasteiger partial charge in [-0.3, -0.25) is 4.79 Å². The van der Waals surface area contributed by atoms with Crippen LogP contribution in [0, 0.1) is 0 Å². The van der Waals surface area contributed by atoms with Gasteiger partial charge >= 0.3 is 5.97 Å². The lowest BCUT2D eigenvalue weighted by atomic mass is 9.97. The number of rotatable bonds is 6. The summed E-state index contributed by atoms with van der Waals surface area (Å²) in [6.07, 6.45) is 2.66. The van der Waals surface area contributed by atoms with Gasteiger partial charge in [-0.05, 0) is 36.1 Å². The molecule has 0 fully saturated rings. The number of ether oxygens (including phenoxy) is 2. The molecule has 0 bridgehead atoms. The van der Waals surface area contributed by atoms with E-state index in [0.717, 1.165) is 29.9 Å². The van der Waals surface area contributed by atoms with Crippen molar-refractivity contribution in [3.63, 3.8) is 0 Å². The van der Waals surface area contributed by atoms with E-state index in [9.17, 15) is 4.79 Å². The van der Waals surface area contributed by atoms with E-state index in [4.69, 9.17) is 14.6 Å². The third-order valence-electron chi connectivity index (χ3n) is 3.08. The number of hydrogen-bond acceptors (Lipinski definition) is 4. The number of thiol groups is 1. The van der Waals surface area contributed by atoms with Gasteiger partial charge in [0, 0.05) is 5.25 Å². The first-order valence-corrected chi connectivity index (χ1v) is 6.93. The Morgan fingerprint density at radius 3 is 2.58 bits per heavy atom. The minimum absolute atomic E-state index is 0.0586. The molecule has 5 heteroatoms. The summed E-state index contributed by atoms with van der Waals surface area (Å²) in [6.45, 7) is 2.37. The van der Waals surface area contributed by atoms with Crippen molar-refractivity contribution >= 4 is 18.6 Å². The highest BCUT2D eigenvalue weighted by molar-refractivity contribution is 7.81. The third kappa shape index (κ3) is 3.56. The Hall–Kier alpha value is -1.36. The van der Waals surface area contributed by atoms with Gasteiger partial charge in [-0.25, -0.2) is 0 Å². The molecule has 0 aromatic heterocycles. The van der Waals surface area contributed by atoms with Gasteiger partial charge in [0.05, 0.1) is 6.42 Å². The van der Waals surface area contributed by atoms with Gasteiger partial charge < -0.3 is 14.6 Å². The van der Waals surface area contributed by atoms with Gasteiger partial charge in [-0.2, -0.15) is 12.6 Å². The summed E-state index contributed by atoms with van der Waals surface area (Å²) < 4.78 is 10.7. The van der Waals surface area contributed by atoms with Crippen LogP contribution in [0.2, 0.25) is 0 Å². The molecule has 1 aliphatic rings. The standard InChI is InChI=1S/C14H18O4S/c1-2-3-9-5-12-13(18-8-17-12)6-10(9)4-11(19)7-14(15)16/h5-6,11,19H,2-4,7-8H2,1H3,(H,15,16). The Morgan fingerprint density at radius 1 is 1.37 bits per heavy atom. The molecule has 1 atom stereocenters. The molecule has 0 saturated carbocycles. The number of carboxylic acid groups (broad SMARTS) is 1. The molecular weight excluding hydrogens is 264 g/mol. The fourth-order valence-corrected chi connectivity index (χ4v) is 2.60. The molecule has 104 valence electrons. The summed E-state index contributed by atoms with van der Waals surface area (Å²) in [5.41, 5.74) is 2.29. The van der Waals surface area contributed by atoms with Crippen molar-refractivity contribution in [2.75, 3.05) is 6.79 Å². The van der Waals surface area contributed by atoms with Gasteiger partial charge in [0.1, 0.15) is 0 Å². The second-order valence-corrected chi connectivity index (χ2v) is 5.41. The van der Waals surface area contributed by atoms with Crippen molar-refractivity contribution in [2.24, 2.45) is 0 Å². The third-order valence-corrected chi connectivity index (χ3v) is 3.45. The molecule has 2 rings (SSSR count). The minimum Gasteiger partial charge on any atom is -0.481 e. The second kappa shape index (κ2) is 6.19. The second-order valence-electron chi connectivity index (χ2n) is 4.68. The summed E-state index contributed by atoms with van der Waals surface area (Å²) in [5, 5.41) is 8.61. The number of aryl methyl sites for hydroxylation is 1. The maximum Gasteiger partial charge on any atom is 0.304 e. The monoisotopic (exact) mass is 282 g/mol. The molecule has 0 radical (unpaired) electrons. The average molecular weight is 282 g/mol. The first-order valence-electron chi connectivity index (χ1n) is 6.41. The van der Waals surface area contributed by atoms with Gasteiger partial charge in [0.2, 0.25) is 6.79 Å². The van der Waals surface area contributed by atoms with Crippen LogP contribution in [0.4, 0.5) is 0 Å². The molecule has 0 amide bonds. The molecule has 1 N–H and O–H groups in total. The molecule has 19 heavy (non-hydrogen) atoms. The first-order chi connectivity index (χ1) is 9.10. The lowest BCUT2D eigenvalue weighted by molar-refractivity contribution is -0.136. The zero-order chi connectivity index (χ0) is 13.8. The van der Waals surface area contributed by atoms with Crippen LogP contribution in [0.25, 0.3) is 0 Å². The first kappa shape index (κ1) is 14.1. The largest absolute Gasteiger partial charge is 0.481 e. The van der Waals surface area contributed by atoms with Crippen molar-refractivity contribution < 1.29 is 19.4 Å². The molecule has 4 nitrogen and oxygen atoms in total. The fourth-order valence-electron chi connectivity index (χ4n) is 2.25. The summed E-state index contributed by atoms with van der Waals surface area (Å²) in [6, 6.07) is 3.96. The summed E-state index contributed by atoms with van der Waals surface area (Å²) in [4.78, 5) is 10.7. The Kier molecular flexibility index (Phi) is 4.58. The number of benzene rings is 1.